The number of rotatable bonds is 4. The van der Waals surface area contributed by atoms with Gasteiger partial charge in [-0.25, -0.2) is 0 Å². The second kappa shape index (κ2) is 6.73. The van der Waals surface area contributed by atoms with Crippen LogP contribution in [0.2, 0.25) is 5.02 Å². The molecular formula is C14H17BrClNO2. The Bertz CT molecular complexity index is 461. The highest BCUT2D eigenvalue weighted by atomic mass is 79.9. The third kappa shape index (κ3) is 3.94. The van der Waals surface area contributed by atoms with Crippen LogP contribution in [0.4, 0.5) is 0 Å². The number of carbonyl (C=O) groups is 1. The van der Waals surface area contributed by atoms with Crippen molar-refractivity contribution < 1.29 is 9.90 Å². The number of benzene rings is 1. The van der Waals surface area contributed by atoms with E-state index in [9.17, 15) is 9.90 Å². The standard InChI is InChI=1S/C14H17BrClNO2/c15-11-8-9(6-7-12(11)16)13(14(18)19)17-10-4-2-1-3-5-10/h6-8,10,13,17H,1-5H2,(H,18,19). The smallest absolute Gasteiger partial charge is 0.325 e. The molecule has 0 bridgehead atoms. The first-order valence-corrected chi connectivity index (χ1v) is 7.69. The van der Waals surface area contributed by atoms with Gasteiger partial charge < -0.3 is 5.11 Å². The van der Waals surface area contributed by atoms with E-state index in [1.54, 1.807) is 18.2 Å². The van der Waals surface area contributed by atoms with Crippen LogP contribution in [0.1, 0.15) is 43.7 Å². The molecule has 1 unspecified atom stereocenters. The lowest BCUT2D eigenvalue weighted by Crippen LogP contribution is -2.38. The normalized spacial score (nSPS) is 18.2. The van der Waals surface area contributed by atoms with Crippen LogP contribution in [-0.4, -0.2) is 17.1 Å². The van der Waals surface area contributed by atoms with Crippen molar-refractivity contribution in [1.82, 2.24) is 5.32 Å². The summed E-state index contributed by atoms with van der Waals surface area (Å²) in [7, 11) is 0. The number of hydrogen-bond acceptors (Lipinski definition) is 2. The van der Waals surface area contributed by atoms with E-state index in [4.69, 9.17) is 11.6 Å². The average molecular weight is 347 g/mol. The van der Waals surface area contributed by atoms with Crippen molar-refractivity contribution in [1.29, 1.82) is 0 Å². The van der Waals surface area contributed by atoms with Crippen molar-refractivity contribution >= 4 is 33.5 Å². The van der Waals surface area contributed by atoms with Crippen LogP contribution in [0, 0.1) is 0 Å². The molecule has 3 nitrogen and oxygen atoms in total. The van der Waals surface area contributed by atoms with Gasteiger partial charge in [-0.2, -0.15) is 0 Å². The van der Waals surface area contributed by atoms with Gasteiger partial charge in [0, 0.05) is 10.5 Å². The lowest BCUT2D eigenvalue weighted by atomic mass is 9.94. The summed E-state index contributed by atoms with van der Waals surface area (Å²) in [5.41, 5.74) is 0.731. The van der Waals surface area contributed by atoms with Gasteiger partial charge in [0.2, 0.25) is 0 Å². The molecule has 0 amide bonds. The van der Waals surface area contributed by atoms with Gasteiger partial charge in [0.15, 0.2) is 0 Å². The molecule has 1 aromatic rings. The maximum Gasteiger partial charge on any atom is 0.325 e. The van der Waals surface area contributed by atoms with E-state index in [0.29, 0.717) is 11.1 Å². The summed E-state index contributed by atoms with van der Waals surface area (Å²) in [6, 6.07) is 4.89. The van der Waals surface area contributed by atoms with E-state index in [0.717, 1.165) is 22.9 Å². The van der Waals surface area contributed by atoms with Gasteiger partial charge in [0.1, 0.15) is 6.04 Å². The molecule has 5 heteroatoms. The van der Waals surface area contributed by atoms with Gasteiger partial charge in [-0.3, -0.25) is 10.1 Å². The molecule has 2 rings (SSSR count). The van der Waals surface area contributed by atoms with Crippen molar-refractivity contribution in [3.05, 3.63) is 33.3 Å². The third-order valence-electron chi connectivity index (χ3n) is 3.53. The summed E-state index contributed by atoms with van der Waals surface area (Å²) in [6.07, 6.45) is 5.71. The van der Waals surface area contributed by atoms with Gasteiger partial charge >= 0.3 is 5.97 Å². The summed E-state index contributed by atoms with van der Waals surface area (Å²) in [4.78, 5) is 11.5. The first-order valence-electron chi connectivity index (χ1n) is 6.51. The molecule has 0 aromatic heterocycles. The van der Waals surface area contributed by atoms with E-state index in [1.165, 1.54) is 19.3 Å². The maximum absolute atomic E-state index is 11.5. The number of hydrogen-bond donors (Lipinski definition) is 2. The molecule has 1 atom stereocenters. The van der Waals surface area contributed by atoms with E-state index in [2.05, 4.69) is 21.2 Å². The maximum atomic E-state index is 11.5. The minimum Gasteiger partial charge on any atom is -0.480 e. The van der Waals surface area contributed by atoms with Crippen molar-refractivity contribution in [2.24, 2.45) is 0 Å². The average Bonchev–Trinajstić information content (AvgIpc) is 2.40. The summed E-state index contributed by atoms with van der Waals surface area (Å²) < 4.78 is 0.725. The quantitative estimate of drug-likeness (QED) is 0.861. The fraction of sp³-hybridized carbons (Fsp3) is 0.500. The Hall–Kier alpha value is -0.580. The number of carboxylic acid groups (broad SMARTS) is 1. The minimum atomic E-state index is -0.847. The van der Waals surface area contributed by atoms with Crippen LogP contribution >= 0.6 is 27.5 Å². The molecule has 1 fully saturated rings. The molecular weight excluding hydrogens is 330 g/mol. The summed E-state index contributed by atoms with van der Waals surface area (Å²) in [5, 5.41) is 13.3. The second-order valence-electron chi connectivity index (χ2n) is 4.95. The largest absolute Gasteiger partial charge is 0.480 e. The Balaban J connectivity index is 2.14. The highest BCUT2D eigenvalue weighted by Crippen LogP contribution is 2.27. The number of aliphatic carboxylic acids is 1. The predicted octanol–water partition coefficient (Wildman–Crippen LogP) is 4.15. The Morgan fingerprint density at radius 1 is 1.37 bits per heavy atom. The lowest BCUT2D eigenvalue weighted by Gasteiger charge is -2.26. The highest BCUT2D eigenvalue weighted by Gasteiger charge is 2.24. The monoisotopic (exact) mass is 345 g/mol. The number of nitrogens with one attached hydrogen (secondary N) is 1. The zero-order valence-electron chi connectivity index (χ0n) is 10.5. The summed E-state index contributed by atoms with van der Waals surface area (Å²) in [6.45, 7) is 0. The van der Waals surface area contributed by atoms with Gasteiger partial charge in [-0.15, -0.1) is 0 Å². The van der Waals surface area contributed by atoms with Crippen molar-refractivity contribution in [2.75, 3.05) is 0 Å². The molecule has 0 aliphatic heterocycles. The Morgan fingerprint density at radius 3 is 2.63 bits per heavy atom. The molecule has 19 heavy (non-hydrogen) atoms. The van der Waals surface area contributed by atoms with Crippen molar-refractivity contribution in [2.45, 2.75) is 44.2 Å². The molecule has 1 saturated carbocycles. The fourth-order valence-corrected chi connectivity index (χ4v) is 3.02. The third-order valence-corrected chi connectivity index (χ3v) is 4.75. The van der Waals surface area contributed by atoms with Crippen LogP contribution in [0.5, 0.6) is 0 Å². The minimum absolute atomic E-state index is 0.296. The number of halogens is 2. The highest BCUT2D eigenvalue weighted by molar-refractivity contribution is 9.10. The molecule has 1 aromatic carbocycles. The van der Waals surface area contributed by atoms with Crippen LogP contribution < -0.4 is 5.32 Å². The fourth-order valence-electron chi connectivity index (χ4n) is 2.51. The first kappa shape index (κ1) is 14.8. The van der Waals surface area contributed by atoms with E-state index in [-0.39, 0.29) is 0 Å². The molecule has 2 N–H and O–H groups in total. The zero-order valence-corrected chi connectivity index (χ0v) is 12.9. The van der Waals surface area contributed by atoms with Gasteiger partial charge in [-0.1, -0.05) is 36.9 Å². The van der Waals surface area contributed by atoms with Crippen molar-refractivity contribution in [3.63, 3.8) is 0 Å². The number of carboxylic acids is 1. The second-order valence-corrected chi connectivity index (χ2v) is 6.21. The van der Waals surface area contributed by atoms with E-state index >= 15 is 0 Å². The van der Waals surface area contributed by atoms with Crippen LogP contribution in [0.3, 0.4) is 0 Å². The predicted molar refractivity (Wildman–Crippen MR) is 79.5 cm³/mol. The Labute approximate surface area is 126 Å². The molecule has 1 aliphatic carbocycles. The lowest BCUT2D eigenvalue weighted by molar-refractivity contribution is -0.140. The molecule has 0 radical (unpaired) electrons. The zero-order chi connectivity index (χ0) is 13.8. The molecule has 0 saturated heterocycles. The van der Waals surface area contributed by atoms with E-state index in [1.807, 2.05) is 0 Å². The first-order chi connectivity index (χ1) is 9.08. The summed E-state index contributed by atoms with van der Waals surface area (Å²) in [5.74, 6) is -0.847. The molecule has 0 heterocycles. The van der Waals surface area contributed by atoms with Crippen LogP contribution in [-0.2, 0) is 4.79 Å². The van der Waals surface area contributed by atoms with Crippen molar-refractivity contribution in [3.8, 4) is 0 Å². The van der Waals surface area contributed by atoms with E-state index < -0.39 is 12.0 Å². The molecule has 1 aliphatic rings. The van der Waals surface area contributed by atoms with Gasteiger partial charge in [-0.05, 0) is 46.5 Å². The SMILES string of the molecule is O=C(O)C(NC1CCCCC1)c1ccc(Cl)c(Br)c1. The van der Waals surface area contributed by atoms with Crippen LogP contribution in [0.15, 0.2) is 22.7 Å². The topological polar surface area (TPSA) is 49.3 Å². The Kier molecular flexibility index (Phi) is 5.25. The summed E-state index contributed by atoms with van der Waals surface area (Å²) >= 11 is 9.28. The molecule has 0 spiro atoms. The molecule has 104 valence electrons. The Morgan fingerprint density at radius 2 is 2.05 bits per heavy atom. The van der Waals surface area contributed by atoms with Crippen LogP contribution in [0.25, 0.3) is 0 Å². The van der Waals surface area contributed by atoms with Gasteiger partial charge in [0.25, 0.3) is 0 Å². The van der Waals surface area contributed by atoms with Gasteiger partial charge in [0.05, 0.1) is 5.02 Å².